The number of aryl methyl sites for hydroxylation is 2. The molecule has 1 nitrogen and oxygen atoms in total. The molecule has 0 bridgehead atoms. The summed E-state index contributed by atoms with van der Waals surface area (Å²) >= 11 is 1.92. The van der Waals surface area contributed by atoms with Gasteiger partial charge in [-0.2, -0.15) is 0 Å². The van der Waals surface area contributed by atoms with Gasteiger partial charge < -0.3 is 4.90 Å². The van der Waals surface area contributed by atoms with Gasteiger partial charge in [0, 0.05) is 18.0 Å². The number of nitrogens with zero attached hydrogens (tertiary/aromatic N) is 1. The fraction of sp³-hybridized carbons (Fsp3) is 0.455. The lowest BCUT2D eigenvalue weighted by Crippen LogP contribution is -2.20. The van der Waals surface area contributed by atoms with Gasteiger partial charge in [-0.15, -0.1) is 0 Å². The standard InChI is InChI=1S/C11H14NS/c1-7-5-10-11(6-8(7)2)13-9(3)12(10)4/h6,9H,1-4H3. The van der Waals surface area contributed by atoms with Gasteiger partial charge >= 0.3 is 0 Å². The summed E-state index contributed by atoms with van der Waals surface area (Å²) in [6.45, 7) is 6.50. The zero-order valence-electron chi connectivity index (χ0n) is 8.51. The maximum Gasteiger partial charge on any atom is 0.0766 e. The third-order valence-corrected chi connectivity index (χ3v) is 3.90. The molecule has 2 rings (SSSR count). The van der Waals surface area contributed by atoms with Crippen LogP contribution in [0.1, 0.15) is 18.1 Å². The highest BCUT2D eigenvalue weighted by molar-refractivity contribution is 8.00. The zero-order valence-corrected chi connectivity index (χ0v) is 9.33. The van der Waals surface area contributed by atoms with Crippen LogP contribution in [-0.2, 0) is 0 Å². The van der Waals surface area contributed by atoms with Gasteiger partial charge in [-0.05, 0) is 38.0 Å². The number of hydrogen-bond donors (Lipinski definition) is 0. The Morgan fingerprint density at radius 2 is 2.15 bits per heavy atom. The molecule has 1 heterocycles. The molecule has 0 aromatic heterocycles. The molecule has 1 aliphatic rings. The topological polar surface area (TPSA) is 3.24 Å². The van der Waals surface area contributed by atoms with E-state index in [1.165, 1.54) is 21.7 Å². The van der Waals surface area contributed by atoms with Crippen molar-refractivity contribution >= 4 is 17.4 Å². The highest BCUT2D eigenvalue weighted by Gasteiger charge is 2.24. The van der Waals surface area contributed by atoms with Crippen LogP contribution in [0.25, 0.3) is 0 Å². The average Bonchev–Trinajstić information content (AvgIpc) is 2.32. The molecule has 0 amide bonds. The third-order valence-electron chi connectivity index (χ3n) is 2.67. The molecule has 1 atom stereocenters. The fourth-order valence-electron chi connectivity index (χ4n) is 1.51. The molecule has 69 valence electrons. The van der Waals surface area contributed by atoms with Crippen LogP contribution < -0.4 is 4.90 Å². The molecule has 0 fully saturated rings. The minimum Gasteiger partial charge on any atom is -0.361 e. The van der Waals surface area contributed by atoms with E-state index in [0.29, 0.717) is 5.37 Å². The first-order chi connectivity index (χ1) is 6.09. The molecule has 1 unspecified atom stereocenters. The van der Waals surface area contributed by atoms with Crippen LogP contribution in [0, 0.1) is 19.9 Å². The van der Waals surface area contributed by atoms with Crippen molar-refractivity contribution in [3.05, 3.63) is 23.3 Å². The van der Waals surface area contributed by atoms with Gasteiger partial charge in [0.15, 0.2) is 0 Å². The molecule has 1 radical (unpaired) electrons. The Hall–Kier alpha value is -0.630. The van der Waals surface area contributed by atoms with Gasteiger partial charge in [-0.25, -0.2) is 0 Å². The van der Waals surface area contributed by atoms with Crippen molar-refractivity contribution in [1.29, 1.82) is 0 Å². The van der Waals surface area contributed by atoms with E-state index in [1.54, 1.807) is 0 Å². The smallest absolute Gasteiger partial charge is 0.0766 e. The SMILES string of the molecule is Cc1[c]c2c(cc1C)SC(C)N2C. The minimum absolute atomic E-state index is 0.549. The largest absolute Gasteiger partial charge is 0.361 e. The number of thioether (sulfide) groups is 1. The summed E-state index contributed by atoms with van der Waals surface area (Å²) in [5.41, 5.74) is 3.87. The van der Waals surface area contributed by atoms with Crippen LogP contribution in [0.2, 0.25) is 0 Å². The third kappa shape index (κ3) is 1.33. The Kier molecular flexibility index (Phi) is 2.03. The summed E-state index contributed by atoms with van der Waals surface area (Å²) in [5, 5.41) is 0.549. The first-order valence-corrected chi connectivity index (χ1v) is 5.40. The Bertz CT molecular complexity index is 346. The molecule has 1 aliphatic heterocycles. The van der Waals surface area contributed by atoms with Crippen LogP contribution in [0.15, 0.2) is 11.0 Å². The van der Waals surface area contributed by atoms with Gasteiger partial charge in [0.2, 0.25) is 0 Å². The molecular formula is C11H14NS. The Morgan fingerprint density at radius 1 is 1.46 bits per heavy atom. The molecule has 0 N–H and O–H groups in total. The molecule has 0 saturated heterocycles. The Labute approximate surface area is 84.1 Å². The summed E-state index contributed by atoms with van der Waals surface area (Å²) in [7, 11) is 2.13. The molecule has 0 saturated carbocycles. The number of fused-ring (bicyclic) bond motifs is 1. The van der Waals surface area contributed by atoms with Gasteiger partial charge in [0.05, 0.1) is 11.1 Å². The van der Waals surface area contributed by atoms with Crippen molar-refractivity contribution in [2.24, 2.45) is 0 Å². The maximum atomic E-state index is 3.44. The highest BCUT2D eigenvalue weighted by atomic mass is 32.2. The lowest BCUT2D eigenvalue weighted by molar-refractivity contribution is 0.921. The van der Waals surface area contributed by atoms with Crippen LogP contribution in [0.3, 0.4) is 0 Å². The van der Waals surface area contributed by atoms with Crippen molar-refractivity contribution in [3.8, 4) is 0 Å². The summed E-state index contributed by atoms with van der Waals surface area (Å²) in [6.07, 6.45) is 0. The van der Waals surface area contributed by atoms with Crippen LogP contribution in [-0.4, -0.2) is 12.4 Å². The second-order valence-electron chi connectivity index (χ2n) is 3.62. The van der Waals surface area contributed by atoms with Gasteiger partial charge in [-0.1, -0.05) is 11.8 Å². The number of hydrogen-bond acceptors (Lipinski definition) is 2. The second kappa shape index (κ2) is 2.95. The predicted octanol–water partition coefficient (Wildman–Crippen LogP) is 2.99. The number of rotatable bonds is 0. The van der Waals surface area contributed by atoms with E-state index < -0.39 is 0 Å². The fourth-order valence-corrected chi connectivity index (χ4v) is 2.69. The van der Waals surface area contributed by atoms with E-state index in [-0.39, 0.29) is 0 Å². The lowest BCUT2D eigenvalue weighted by Gasteiger charge is -2.17. The van der Waals surface area contributed by atoms with E-state index >= 15 is 0 Å². The summed E-state index contributed by atoms with van der Waals surface area (Å²) in [6, 6.07) is 5.71. The maximum absolute atomic E-state index is 3.44. The van der Waals surface area contributed by atoms with Crippen molar-refractivity contribution in [3.63, 3.8) is 0 Å². The quantitative estimate of drug-likeness (QED) is 0.621. The molecular weight excluding hydrogens is 178 g/mol. The normalized spacial score (nSPS) is 20.6. The summed E-state index contributed by atoms with van der Waals surface area (Å²) in [4.78, 5) is 3.66. The highest BCUT2D eigenvalue weighted by Crippen LogP contribution is 2.42. The van der Waals surface area contributed by atoms with E-state index in [1.807, 2.05) is 11.8 Å². The van der Waals surface area contributed by atoms with Gasteiger partial charge in [-0.3, -0.25) is 0 Å². The number of anilines is 1. The minimum atomic E-state index is 0.549. The molecule has 13 heavy (non-hydrogen) atoms. The molecule has 2 heteroatoms. The number of benzene rings is 1. The molecule has 0 aliphatic carbocycles. The molecule has 0 spiro atoms. The van der Waals surface area contributed by atoms with Crippen molar-refractivity contribution in [2.45, 2.75) is 31.0 Å². The predicted molar refractivity (Wildman–Crippen MR) is 58.5 cm³/mol. The average molecular weight is 192 g/mol. The van der Waals surface area contributed by atoms with E-state index in [9.17, 15) is 0 Å². The first-order valence-electron chi connectivity index (χ1n) is 4.52. The monoisotopic (exact) mass is 192 g/mol. The van der Waals surface area contributed by atoms with Crippen LogP contribution in [0.5, 0.6) is 0 Å². The van der Waals surface area contributed by atoms with E-state index in [2.05, 4.69) is 44.9 Å². The zero-order chi connectivity index (χ0) is 9.59. The summed E-state index contributed by atoms with van der Waals surface area (Å²) in [5.74, 6) is 0. The van der Waals surface area contributed by atoms with E-state index in [0.717, 1.165) is 0 Å². The Balaban J connectivity index is 2.53. The molecule has 1 aromatic rings. The first kappa shape index (κ1) is 8.95. The van der Waals surface area contributed by atoms with E-state index in [4.69, 9.17) is 0 Å². The van der Waals surface area contributed by atoms with Crippen LogP contribution in [0.4, 0.5) is 5.69 Å². The van der Waals surface area contributed by atoms with Crippen molar-refractivity contribution in [1.82, 2.24) is 0 Å². The van der Waals surface area contributed by atoms with Crippen molar-refractivity contribution in [2.75, 3.05) is 11.9 Å². The van der Waals surface area contributed by atoms with Crippen LogP contribution >= 0.6 is 11.8 Å². The van der Waals surface area contributed by atoms with Gasteiger partial charge in [0.25, 0.3) is 0 Å². The van der Waals surface area contributed by atoms with Gasteiger partial charge in [0.1, 0.15) is 0 Å². The second-order valence-corrected chi connectivity index (χ2v) is 4.98. The van der Waals surface area contributed by atoms with Crippen molar-refractivity contribution < 1.29 is 0 Å². The Morgan fingerprint density at radius 3 is 2.85 bits per heavy atom. The summed E-state index contributed by atoms with van der Waals surface area (Å²) < 4.78 is 0. The molecule has 1 aromatic carbocycles. The lowest BCUT2D eigenvalue weighted by atomic mass is 10.1.